The number of Topliss-reactive ketones (excluding diaryl/α,β-unsaturated/α-hetero) is 1. The lowest BCUT2D eigenvalue weighted by molar-refractivity contribution is -0.229. The van der Waals surface area contributed by atoms with Crippen LogP contribution in [0.3, 0.4) is 0 Å². The van der Waals surface area contributed by atoms with E-state index in [1.165, 1.54) is 5.57 Å². The second kappa shape index (κ2) is 11.6. The summed E-state index contributed by atoms with van der Waals surface area (Å²) in [6.07, 6.45) is 20.1. The van der Waals surface area contributed by atoms with Crippen molar-refractivity contribution in [3.8, 4) is 0 Å². The Hall–Kier alpha value is -3.41. The summed E-state index contributed by atoms with van der Waals surface area (Å²) in [6, 6.07) is 7.83. The summed E-state index contributed by atoms with van der Waals surface area (Å²) < 4.78 is 0. The zero-order valence-electron chi connectivity index (χ0n) is 29.9. The fraction of sp³-hybridized carbons (Fsp3) is 0.595. The molecule has 9 atom stereocenters. The van der Waals surface area contributed by atoms with E-state index in [1.807, 2.05) is 24.4 Å². The zero-order valence-corrected chi connectivity index (χ0v) is 29.9. The Morgan fingerprint density at radius 2 is 1.60 bits per heavy atom. The van der Waals surface area contributed by atoms with Crippen molar-refractivity contribution in [3.05, 3.63) is 77.9 Å². The van der Waals surface area contributed by atoms with Crippen molar-refractivity contribution < 1.29 is 9.59 Å². The number of pyridine rings is 2. The third kappa shape index (κ3) is 4.75. The minimum atomic E-state index is -0.427. The lowest BCUT2D eigenvalue weighted by Gasteiger charge is -2.72. The van der Waals surface area contributed by atoms with Crippen molar-refractivity contribution in [3.63, 3.8) is 0 Å². The number of allylic oxidation sites excluding steroid dienone is 2. The van der Waals surface area contributed by atoms with E-state index in [2.05, 4.69) is 80.8 Å². The van der Waals surface area contributed by atoms with Crippen molar-refractivity contribution in [2.45, 2.75) is 99.3 Å². The number of nitrogens with zero attached hydrogens (tertiary/aromatic N) is 3. The second-order valence-corrected chi connectivity index (χ2v) is 17.5. The highest BCUT2D eigenvalue weighted by molar-refractivity contribution is 6.04. The van der Waals surface area contributed by atoms with Gasteiger partial charge in [0.15, 0.2) is 5.78 Å². The molecule has 5 fully saturated rings. The molecule has 2 heterocycles. The molecule has 5 saturated carbocycles. The standard InChI is InChI=1S/C42H54N4O2/c1-27(2)31-14-17-42(37(48)46-45-26-29-11-9-21-44-25-29)19-18-40(6)32(35(31)42)12-13-34-39(5)23-30(22-28-10-8-20-43-24-28)36(47)38(3,4)33(39)15-16-41(34,40)7/h8-11,20-22,24-26,31-35H,1,12-19,23H2,2-7H3,(H,46,48)/b30-22-,45-26+/t31-,32+,33-,34+,35+,39-,40+,41+,42-/m0/s1. The molecule has 254 valence electrons. The number of carbonyl (C=O) groups excluding carboxylic acids is 2. The van der Waals surface area contributed by atoms with Gasteiger partial charge in [-0.15, -0.1) is 0 Å². The number of hydrogen-bond donors (Lipinski definition) is 1. The molecule has 0 aliphatic heterocycles. The number of fused-ring (bicyclic) bond motifs is 7. The fourth-order valence-corrected chi connectivity index (χ4v) is 12.9. The van der Waals surface area contributed by atoms with Gasteiger partial charge in [-0.1, -0.05) is 58.9 Å². The SMILES string of the molecule is C=C(C)[C@@H]1CC[C@]2(C(=O)N/N=C/c3cccnc3)CC[C@]3(C)[C@H](CC[C@@H]4[C@@]5(C)C/C(=C/c6cccnc6)C(=O)C(C)(C)[C@@H]5CC[C@]43C)[C@@H]12. The molecular formula is C42H54N4O2. The number of aromatic nitrogens is 2. The van der Waals surface area contributed by atoms with Gasteiger partial charge in [-0.2, -0.15) is 5.10 Å². The first-order valence-corrected chi connectivity index (χ1v) is 18.3. The molecule has 0 unspecified atom stereocenters. The number of amides is 1. The van der Waals surface area contributed by atoms with Crippen LogP contribution >= 0.6 is 0 Å². The molecule has 0 saturated heterocycles. The van der Waals surface area contributed by atoms with Gasteiger partial charge in [0.1, 0.15) is 0 Å². The van der Waals surface area contributed by atoms with Gasteiger partial charge >= 0.3 is 0 Å². The highest BCUT2D eigenvalue weighted by Gasteiger charge is 2.72. The minimum Gasteiger partial charge on any atom is -0.294 e. The molecular weight excluding hydrogens is 592 g/mol. The maximum atomic E-state index is 14.3. The molecule has 0 bridgehead atoms. The average Bonchev–Trinajstić information content (AvgIpc) is 3.46. The van der Waals surface area contributed by atoms with E-state index in [4.69, 9.17) is 0 Å². The Morgan fingerprint density at radius 1 is 0.896 bits per heavy atom. The van der Waals surface area contributed by atoms with Crippen LogP contribution in [0.1, 0.15) is 110 Å². The van der Waals surface area contributed by atoms with E-state index >= 15 is 0 Å². The third-order valence-corrected chi connectivity index (χ3v) is 15.2. The monoisotopic (exact) mass is 646 g/mol. The Bertz CT molecular complexity index is 1660. The molecule has 2 aromatic rings. The van der Waals surface area contributed by atoms with Gasteiger partial charge in [0.25, 0.3) is 0 Å². The topological polar surface area (TPSA) is 84.3 Å². The van der Waals surface area contributed by atoms with Gasteiger partial charge in [-0.3, -0.25) is 19.6 Å². The van der Waals surface area contributed by atoms with E-state index in [-0.39, 0.29) is 28.1 Å². The summed E-state index contributed by atoms with van der Waals surface area (Å²) in [4.78, 5) is 36.9. The molecule has 1 amide bonds. The van der Waals surface area contributed by atoms with E-state index in [0.717, 1.165) is 74.5 Å². The molecule has 6 nitrogen and oxygen atoms in total. The molecule has 5 aliphatic carbocycles. The minimum absolute atomic E-state index is 0.0167. The number of hydrazone groups is 1. The predicted molar refractivity (Wildman–Crippen MR) is 192 cm³/mol. The fourth-order valence-electron chi connectivity index (χ4n) is 12.9. The Balaban J connectivity index is 1.23. The molecule has 48 heavy (non-hydrogen) atoms. The van der Waals surface area contributed by atoms with Gasteiger partial charge in [0.05, 0.1) is 11.6 Å². The molecule has 0 aromatic carbocycles. The van der Waals surface area contributed by atoms with Crippen LogP contribution in [-0.2, 0) is 9.59 Å². The van der Waals surface area contributed by atoms with Crippen LogP contribution in [0, 0.1) is 56.7 Å². The van der Waals surface area contributed by atoms with Crippen LogP contribution in [-0.4, -0.2) is 27.9 Å². The summed E-state index contributed by atoms with van der Waals surface area (Å²) in [5.41, 5.74) is 6.45. The Kier molecular flexibility index (Phi) is 7.99. The lowest BCUT2D eigenvalue weighted by Crippen LogP contribution is -2.67. The highest BCUT2D eigenvalue weighted by Crippen LogP contribution is 2.77. The zero-order chi connectivity index (χ0) is 34.1. The summed E-state index contributed by atoms with van der Waals surface area (Å²) in [5, 5.41) is 4.43. The van der Waals surface area contributed by atoms with Gasteiger partial charge in [-0.25, -0.2) is 5.43 Å². The summed E-state index contributed by atoms with van der Waals surface area (Å²) >= 11 is 0. The maximum absolute atomic E-state index is 14.3. The third-order valence-electron chi connectivity index (χ3n) is 15.2. The number of carbonyl (C=O) groups is 2. The smallest absolute Gasteiger partial charge is 0.246 e. The van der Waals surface area contributed by atoms with Gasteiger partial charge < -0.3 is 0 Å². The van der Waals surface area contributed by atoms with Crippen molar-refractivity contribution in [1.29, 1.82) is 0 Å². The van der Waals surface area contributed by atoms with Gasteiger partial charge in [0.2, 0.25) is 5.91 Å². The summed E-state index contributed by atoms with van der Waals surface area (Å²) in [7, 11) is 0. The van der Waals surface area contributed by atoms with Crippen LogP contribution in [0.5, 0.6) is 0 Å². The van der Waals surface area contributed by atoms with E-state index in [0.29, 0.717) is 29.5 Å². The van der Waals surface area contributed by atoms with Crippen molar-refractivity contribution >= 4 is 24.0 Å². The molecule has 0 spiro atoms. The first-order chi connectivity index (χ1) is 22.8. The normalized spacial score (nSPS) is 40.8. The molecule has 5 aliphatic rings. The van der Waals surface area contributed by atoms with Crippen molar-refractivity contribution in [1.82, 2.24) is 15.4 Å². The number of nitrogens with one attached hydrogen (secondary N) is 1. The first kappa shape index (κ1) is 33.1. The summed E-state index contributed by atoms with van der Waals surface area (Å²) in [6.45, 7) is 18.8. The van der Waals surface area contributed by atoms with Crippen molar-refractivity contribution in [2.75, 3.05) is 0 Å². The van der Waals surface area contributed by atoms with Crippen LogP contribution in [0.15, 0.2) is 71.9 Å². The molecule has 1 N–H and O–H groups in total. The van der Waals surface area contributed by atoms with Crippen LogP contribution in [0.4, 0.5) is 0 Å². The molecule has 2 aromatic heterocycles. The lowest BCUT2D eigenvalue weighted by atomic mass is 9.32. The van der Waals surface area contributed by atoms with Gasteiger partial charge in [0, 0.05) is 35.8 Å². The largest absolute Gasteiger partial charge is 0.294 e. The number of hydrogen-bond acceptors (Lipinski definition) is 5. The Labute approximate surface area is 287 Å². The number of rotatable bonds is 5. The van der Waals surface area contributed by atoms with E-state index in [1.54, 1.807) is 24.8 Å². The molecule has 0 radical (unpaired) electrons. The average molecular weight is 647 g/mol. The quantitative estimate of drug-likeness (QED) is 0.152. The van der Waals surface area contributed by atoms with Gasteiger partial charge in [-0.05, 0) is 140 Å². The van der Waals surface area contributed by atoms with Crippen LogP contribution < -0.4 is 5.43 Å². The van der Waals surface area contributed by atoms with Crippen LogP contribution in [0.25, 0.3) is 6.08 Å². The summed E-state index contributed by atoms with van der Waals surface area (Å²) in [5.74, 6) is 2.29. The van der Waals surface area contributed by atoms with Crippen LogP contribution in [0.2, 0.25) is 0 Å². The van der Waals surface area contributed by atoms with Crippen molar-refractivity contribution in [2.24, 2.45) is 61.8 Å². The predicted octanol–water partition coefficient (Wildman–Crippen LogP) is 8.85. The second-order valence-electron chi connectivity index (χ2n) is 17.5. The highest BCUT2D eigenvalue weighted by atomic mass is 16.2. The Morgan fingerprint density at radius 3 is 2.27 bits per heavy atom. The molecule has 6 heteroatoms. The number of ketones is 1. The van der Waals surface area contributed by atoms with E-state index < -0.39 is 10.8 Å². The first-order valence-electron chi connectivity index (χ1n) is 18.3. The van der Waals surface area contributed by atoms with E-state index in [9.17, 15) is 9.59 Å². The molecule has 7 rings (SSSR count). The maximum Gasteiger partial charge on any atom is 0.246 e.